The topological polar surface area (TPSA) is 318 Å². The highest BCUT2D eigenvalue weighted by molar-refractivity contribution is 5.22. The van der Waals surface area contributed by atoms with E-state index in [1.807, 2.05) is 34.6 Å². The molecule has 0 radical (unpaired) electrons. The number of allylic oxidation sites excluding steroid dienone is 2. The van der Waals surface area contributed by atoms with Gasteiger partial charge in [0.1, 0.15) is 73.2 Å². The van der Waals surface area contributed by atoms with E-state index in [1.54, 1.807) is 0 Å². The van der Waals surface area contributed by atoms with Gasteiger partial charge in [0.05, 0.1) is 43.7 Å². The van der Waals surface area contributed by atoms with Gasteiger partial charge >= 0.3 is 0 Å². The van der Waals surface area contributed by atoms with Gasteiger partial charge in [-0.05, 0) is 117 Å². The van der Waals surface area contributed by atoms with E-state index < -0.39 is 163 Å². The van der Waals surface area contributed by atoms with E-state index in [0.717, 1.165) is 5.57 Å². The van der Waals surface area contributed by atoms with E-state index in [1.165, 1.54) is 0 Å². The lowest BCUT2D eigenvalue weighted by Crippen LogP contribution is -2.71. The molecule has 19 nitrogen and oxygen atoms in total. The zero-order valence-electron chi connectivity index (χ0n) is 40.3. The molecule has 0 aromatic carbocycles. The smallest absolute Gasteiger partial charge is 0.187 e. The van der Waals surface area contributed by atoms with Crippen molar-refractivity contribution in [2.45, 2.75) is 223 Å². The van der Waals surface area contributed by atoms with Gasteiger partial charge in [0.15, 0.2) is 18.9 Å². The number of hydrogen-bond donors (Lipinski definition) is 13. The third-order valence-corrected chi connectivity index (χ3v) is 18.7. The van der Waals surface area contributed by atoms with Crippen LogP contribution in [0.25, 0.3) is 0 Å². The van der Waals surface area contributed by atoms with Crippen molar-refractivity contribution in [1.82, 2.24) is 0 Å². The fourth-order valence-corrected chi connectivity index (χ4v) is 14.9. The van der Waals surface area contributed by atoms with Crippen LogP contribution in [0.2, 0.25) is 0 Å². The van der Waals surface area contributed by atoms with Crippen LogP contribution < -0.4 is 0 Å². The van der Waals surface area contributed by atoms with Crippen LogP contribution in [0.1, 0.15) is 107 Å². The Morgan fingerprint density at radius 3 is 1.75 bits per heavy atom. The Bertz CT molecular complexity index is 1710. The van der Waals surface area contributed by atoms with Crippen molar-refractivity contribution in [3.8, 4) is 0 Å². The summed E-state index contributed by atoms with van der Waals surface area (Å²) in [5, 5.41) is 142. The number of hydrogen-bond acceptors (Lipinski definition) is 19. The Hall–Kier alpha value is -1.02. The Kier molecular flexibility index (Phi) is 15.9. The maximum absolute atomic E-state index is 12.7. The zero-order chi connectivity index (χ0) is 49.5. The van der Waals surface area contributed by atoms with E-state index >= 15 is 0 Å². The molecule has 7 rings (SSSR count). The Morgan fingerprint density at radius 2 is 1.18 bits per heavy atom. The van der Waals surface area contributed by atoms with Gasteiger partial charge in [-0.25, -0.2) is 0 Å². The van der Waals surface area contributed by atoms with Crippen LogP contribution in [0, 0.1) is 45.3 Å². The first-order valence-corrected chi connectivity index (χ1v) is 24.5. The average molecular weight is 963 g/mol. The molecular formula is C48H82O19. The lowest BCUT2D eigenvalue weighted by atomic mass is 9.34. The van der Waals surface area contributed by atoms with Crippen molar-refractivity contribution in [1.29, 1.82) is 0 Å². The van der Waals surface area contributed by atoms with Crippen LogP contribution in [0.15, 0.2) is 11.6 Å². The molecule has 7 aliphatic rings. The Balaban J connectivity index is 1.27. The monoisotopic (exact) mass is 963 g/mol. The molecule has 0 aromatic rings. The number of rotatable bonds is 13. The standard InChI is InChI=1S/C48H82O19/c1-21(2)10-9-13-48(8,67-42-38(61)35(58)32(55)26(19-50)64-42)22-11-15-46(6)30(22)23(52)16-28-45(5)14-12-29(53)44(3,4)40(45)24(17-47(28,46)7)62-43-39(36(59)33(56)27(20-51)65-43)66-41-37(60)34(57)31(54)25(18-49)63-41/h10,22-43,49-61H,9,11-20H2,1-8H3/t22-,23+,24-,25+,26+,27+,28+,29-,30-,31+,32+,33+,34-,35-,36-,37+,38+,39+,40?,41-,42-,43+,45+,46+,47+,48-/m0/s1. The molecule has 26 atom stereocenters. The predicted octanol–water partition coefficient (Wildman–Crippen LogP) is -1.06. The van der Waals surface area contributed by atoms with Crippen molar-refractivity contribution in [2.24, 2.45) is 45.3 Å². The van der Waals surface area contributed by atoms with Gasteiger partial charge in [0.2, 0.25) is 0 Å². The summed E-state index contributed by atoms with van der Waals surface area (Å²) in [6, 6.07) is 0. The molecule has 3 aliphatic heterocycles. The third-order valence-electron chi connectivity index (χ3n) is 18.7. The van der Waals surface area contributed by atoms with Crippen LogP contribution in [0.5, 0.6) is 0 Å². The van der Waals surface area contributed by atoms with E-state index in [9.17, 15) is 66.4 Å². The zero-order valence-corrected chi connectivity index (χ0v) is 40.3. The summed E-state index contributed by atoms with van der Waals surface area (Å²) in [6.07, 6.45) is -20.0. The van der Waals surface area contributed by atoms with Crippen molar-refractivity contribution in [2.75, 3.05) is 19.8 Å². The molecule has 0 amide bonds. The molecule has 19 heteroatoms. The molecule has 0 spiro atoms. The number of aliphatic hydroxyl groups is 13. The first kappa shape index (κ1) is 53.8. The van der Waals surface area contributed by atoms with Gasteiger partial charge in [-0.3, -0.25) is 0 Å². The minimum atomic E-state index is -1.86. The second-order valence-corrected chi connectivity index (χ2v) is 23.1. The molecule has 1 unspecified atom stereocenters. The van der Waals surface area contributed by atoms with Gasteiger partial charge in [-0.15, -0.1) is 0 Å². The second-order valence-electron chi connectivity index (χ2n) is 23.1. The molecule has 7 fully saturated rings. The molecule has 0 bridgehead atoms. The summed E-state index contributed by atoms with van der Waals surface area (Å²) in [4.78, 5) is 0. The van der Waals surface area contributed by atoms with Crippen LogP contribution in [0.4, 0.5) is 0 Å². The summed E-state index contributed by atoms with van der Waals surface area (Å²) in [7, 11) is 0. The van der Waals surface area contributed by atoms with Gasteiger partial charge in [0, 0.05) is 0 Å². The van der Waals surface area contributed by atoms with E-state index in [-0.39, 0.29) is 17.8 Å². The van der Waals surface area contributed by atoms with Crippen molar-refractivity contribution < 1.29 is 94.8 Å². The maximum atomic E-state index is 12.7. The first-order chi connectivity index (χ1) is 31.3. The molecule has 4 saturated carbocycles. The molecule has 3 heterocycles. The number of fused-ring (bicyclic) bond motifs is 5. The van der Waals surface area contributed by atoms with Crippen LogP contribution in [-0.2, 0) is 28.4 Å². The molecule has 67 heavy (non-hydrogen) atoms. The summed E-state index contributed by atoms with van der Waals surface area (Å²) < 4.78 is 37.9. The van der Waals surface area contributed by atoms with Gasteiger partial charge in [0.25, 0.3) is 0 Å². The molecule has 388 valence electrons. The summed E-state index contributed by atoms with van der Waals surface area (Å²) in [6.45, 7) is 14.4. The van der Waals surface area contributed by atoms with Crippen molar-refractivity contribution in [3.05, 3.63) is 11.6 Å². The van der Waals surface area contributed by atoms with E-state index in [2.05, 4.69) is 26.8 Å². The number of ether oxygens (including phenoxy) is 6. The van der Waals surface area contributed by atoms with Crippen LogP contribution in [-0.4, -0.2) is 202 Å². The lowest BCUT2D eigenvalue weighted by Gasteiger charge is -2.72. The fourth-order valence-electron chi connectivity index (χ4n) is 14.9. The molecule has 4 aliphatic carbocycles. The van der Waals surface area contributed by atoms with E-state index in [0.29, 0.717) is 51.4 Å². The maximum Gasteiger partial charge on any atom is 0.187 e. The highest BCUT2D eigenvalue weighted by Gasteiger charge is 2.74. The number of aliphatic hydroxyl groups excluding tert-OH is 13. The Labute approximate surface area is 393 Å². The minimum absolute atomic E-state index is 0.110. The summed E-state index contributed by atoms with van der Waals surface area (Å²) in [5.41, 5.74) is -2.56. The highest BCUT2D eigenvalue weighted by atomic mass is 16.8. The average Bonchev–Trinajstić information content (AvgIpc) is 3.66. The van der Waals surface area contributed by atoms with E-state index in [4.69, 9.17) is 28.4 Å². The fraction of sp³-hybridized carbons (Fsp3) is 0.958. The van der Waals surface area contributed by atoms with Crippen molar-refractivity contribution in [3.63, 3.8) is 0 Å². The summed E-state index contributed by atoms with van der Waals surface area (Å²) in [5.74, 6) is -1.22. The second kappa shape index (κ2) is 19.8. The normalized spacial score (nSPS) is 52.9. The SMILES string of the molecule is CC(C)=CCC[C@](C)(O[C@@H]1O[C@H](CO)[C@@H](O)[C@H](O)[C@H]1O)[C@H]1CC[C@]2(C)[C@@H]1[C@H](O)C[C@@H]1[C@@]3(C)CC[C@H](O)C(C)(C)C3[C@@H](O[C@@H]3O[C@H](CO)[C@@H](O)[C@H](O)[C@H]3O[C@@H]3O[C@H](CO)[C@@H](O)[C@H](O)[C@H]3O)C[C@]12C. The lowest BCUT2D eigenvalue weighted by molar-refractivity contribution is -0.383. The molecule has 13 N–H and O–H groups in total. The Morgan fingerprint density at radius 1 is 0.642 bits per heavy atom. The first-order valence-electron chi connectivity index (χ1n) is 24.5. The van der Waals surface area contributed by atoms with Gasteiger partial charge in [-0.1, -0.05) is 46.3 Å². The van der Waals surface area contributed by atoms with Crippen molar-refractivity contribution >= 4 is 0 Å². The molecular weight excluding hydrogens is 881 g/mol. The highest BCUT2D eigenvalue weighted by Crippen LogP contribution is 2.76. The minimum Gasteiger partial charge on any atom is -0.394 e. The molecule has 0 aromatic heterocycles. The molecule has 3 saturated heterocycles. The van der Waals surface area contributed by atoms with Gasteiger partial charge < -0.3 is 94.8 Å². The largest absolute Gasteiger partial charge is 0.394 e. The van der Waals surface area contributed by atoms with Crippen LogP contribution >= 0.6 is 0 Å². The predicted molar refractivity (Wildman–Crippen MR) is 235 cm³/mol. The summed E-state index contributed by atoms with van der Waals surface area (Å²) >= 11 is 0. The van der Waals surface area contributed by atoms with Gasteiger partial charge in [-0.2, -0.15) is 0 Å². The quantitative estimate of drug-likeness (QED) is 0.0773. The van der Waals surface area contributed by atoms with Crippen LogP contribution in [0.3, 0.4) is 0 Å². The third kappa shape index (κ3) is 9.03.